The van der Waals surface area contributed by atoms with Crippen molar-refractivity contribution in [3.05, 3.63) is 12.2 Å². The molecule has 0 amide bonds. The molecule has 1 unspecified atom stereocenters. The average molecular weight is 344 g/mol. The molecule has 132 valence electrons. The fourth-order valence-corrected chi connectivity index (χ4v) is 2.81. The van der Waals surface area contributed by atoms with Gasteiger partial charge in [-0.2, -0.15) is 0 Å². The molecule has 8 nitrogen and oxygen atoms in total. The zero-order chi connectivity index (χ0) is 17.3. The van der Waals surface area contributed by atoms with Gasteiger partial charge >= 0.3 is 0 Å². The van der Waals surface area contributed by atoms with Gasteiger partial charge in [-0.15, -0.1) is 10.2 Å². The molecule has 0 aliphatic carbocycles. The number of aliphatic imine (C=N–C) groups is 1. The molecule has 0 aliphatic rings. The van der Waals surface area contributed by atoms with Crippen molar-refractivity contribution in [3.8, 4) is 0 Å². The van der Waals surface area contributed by atoms with Crippen LogP contribution in [0.1, 0.15) is 33.0 Å². The van der Waals surface area contributed by atoms with Gasteiger partial charge in [0.05, 0.1) is 12.3 Å². The van der Waals surface area contributed by atoms with Crippen LogP contribution in [0.15, 0.2) is 11.3 Å². The van der Waals surface area contributed by atoms with Crippen molar-refractivity contribution in [2.24, 2.45) is 4.99 Å². The van der Waals surface area contributed by atoms with Gasteiger partial charge in [0.15, 0.2) is 5.96 Å². The number of guanidine groups is 1. The third kappa shape index (κ3) is 7.96. The van der Waals surface area contributed by atoms with Crippen LogP contribution in [0.3, 0.4) is 0 Å². The zero-order valence-corrected chi connectivity index (χ0v) is 15.2. The molecule has 23 heavy (non-hydrogen) atoms. The Kier molecular flexibility index (Phi) is 8.01. The first kappa shape index (κ1) is 19.4. The Hall–Kier alpha value is -1.64. The summed E-state index contributed by atoms with van der Waals surface area (Å²) in [4.78, 5) is 4.52. The largest absolute Gasteiger partial charge is 0.357 e. The fourth-order valence-electron chi connectivity index (χ4n) is 2.03. The molecule has 1 aromatic heterocycles. The zero-order valence-electron chi connectivity index (χ0n) is 14.4. The van der Waals surface area contributed by atoms with Crippen molar-refractivity contribution in [2.45, 2.75) is 46.2 Å². The van der Waals surface area contributed by atoms with Crippen molar-refractivity contribution in [3.63, 3.8) is 0 Å². The van der Waals surface area contributed by atoms with E-state index in [0.29, 0.717) is 25.5 Å². The highest BCUT2D eigenvalue weighted by Crippen LogP contribution is 1.97. The van der Waals surface area contributed by atoms with Gasteiger partial charge < -0.3 is 15.2 Å². The lowest BCUT2D eigenvalue weighted by Crippen LogP contribution is -2.43. The van der Waals surface area contributed by atoms with Gasteiger partial charge in [-0.05, 0) is 20.3 Å². The van der Waals surface area contributed by atoms with E-state index in [2.05, 4.69) is 25.8 Å². The first-order valence-electron chi connectivity index (χ1n) is 7.95. The van der Waals surface area contributed by atoms with Crippen LogP contribution in [0, 0.1) is 0 Å². The molecule has 2 N–H and O–H groups in total. The van der Waals surface area contributed by atoms with Crippen molar-refractivity contribution in [1.82, 2.24) is 25.4 Å². The predicted octanol–water partition coefficient (Wildman–Crippen LogP) is 0.219. The Morgan fingerprint density at radius 2 is 2.17 bits per heavy atom. The van der Waals surface area contributed by atoms with E-state index in [-0.39, 0.29) is 11.8 Å². The summed E-state index contributed by atoms with van der Waals surface area (Å²) in [6.07, 6.45) is 4.35. The Bertz CT molecular complexity index is 596. The third-order valence-electron chi connectivity index (χ3n) is 3.27. The van der Waals surface area contributed by atoms with Crippen LogP contribution in [-0.2, 0) is 22.8 Å². The summed E-state index contributed by atoms with van der Waals surface area (Å²) in [7, 11) is -2.94. The summed E-state index contributed by atoms with van der Waals surface area (Å²) in [6, 6.07) is 0.0311. The molecule has 0 fully saturated rings. The first-order valence-corrected chi connectivity index (χ1v) is 10.0. The number of nitrogens with one attached hydrogen (secondary N) is 2. The molecule has 0 aliphatic heterocycles. The molecule has 1 rings (SSSR count). The highest BCUT2D eigenvalue weighted by molar-refractivity contribution is 7.90. The van der Waals surface area contributed by atoms with Gasteiger partial charge in [0, 0.05) is 31.8 Å². The second-order valence-corrected chi connectivity index (χ2v) is 7.78. The second-order valence-electron chi connectivity index (χ2n) is 5.52. The Labute approximate surface area is 138 Å². The Morgan fingerprint density at radius 1 is 1.43 bits per heavy atom. The molecular formula is C14H28N6O2S. The van der Waals surface area contributed by atoms with E-state index in [1.54, 1.807) is 6.33 Å². The lowest BCUT2D eigenvalue weighted by Gasteiger charge is -2.17. The van der Waals surface area contributed by atoms with E-state index in [9.17, 15) is 8.42 Å². The topological polar surface area (TPSA) is 101 Å². The van der Waals surface area contributed by atoms with Crippen molar-refractivity contribution in [1.29, 1.82) is 0 Å². The Morgan fingerprint density at radius 3 is 2.78 bits per heavy atom. The van der Waals surface area contributed by atoms with Crippen LogP contribution in [0.5, 0.6) is 0 Å². The maximum absolute atomic E-state index is 11.2. The molecule has 1 heterocycles. The maximum atomic E-state index is 11.2. The van der Waals surface area contributed by atoms with E-state index in [0.717, 1.165) is 18.8 Å². The molecule has 0 saturated carbocycles. The van der Waals surface area contributed by atoms with Gasteiger partial charge in [0.25, 0.3) is 0 Å². The van der Waals surface area contributed by atoms with Crippen LogP contribution in [0.4, 0.5) is 0 Å². The van der Waals surface area contributed by atoms with Crippen LogP contribution < -0.4 is 10.6 Å². The summed E-state index contributed by atoms with van der Waals surface area (Å²) in [5.74, 6) is 1.81. The molecule has 0 saturated heterocycles. The number of hydrogen-bond acceptors (Lipinski definition) is 5. The maximum Gasteiger partial charge on any atom is 0.191 e. The molecular weight excluding hydrogens is 316 g/mol. The van der Waals surface area contributed by atoms with Crippen molar-refractivity contribution < 1.29 is 8.42 Å². The van der Waals surface area contributed by atoms with E-state index in [4.69, 9.17) is 0 Å². The summed E-state index contributed by atoms with van der Waals surface area (Å²) in [5.41, 5.74) is 0. The summed E-state index contributed by atoms with van der Waals surface area (Å²) in [6.45, 7) is 8.04. The monoisotopic (exact) mass is 344 g/mol. The third-order valence-corrected chi connectivity index (χ3v) is 4.25. The van der Waals surface area contributed by atoms with E-state index in [1.807, 2.05) is 25.3 Å². The molecule has 0 bridgehead atoms. The molecule has 0 radical (unpaired) electrons. The van der Waals surface area contributed by atoms with Crippen molar-refractivity contribution >= 4 is 15.8 Å². The minimum absolute atomic E-state index is 0.0311. The minimum Gasteiger partial charge on any atom is -0.357 e. The number of nitrogens with zero attached hydrogens (tertiary/aromatic N) is 4. The summed E-state index contributed by atoms with van der Waals surface area (Å²) >= 11 is 0. The van der Waals surface area contributed by atoms with Gasteiger partial charge in [-0.1, -0.05) is 6.92 Å². The summed E-state index contributed by atoms with van der Waals surface area (Å²) < 4.78 is 24.4. The number of rotatable bonds is 9. The molecule has 1 aromatic rings. The highest BCUT2D eigenvalue weighted by Gasteiger charge is 2.09. The number of aromatic nitrogens is 3. The fraction of sp³-hybridized carbons (Fsp3) is 0.786. The van der Waals surface area contributed by atoms with E-state index < -0.39 is 9.84 Å². The first-order chi connectivity index (χ1) is 10.9. The molecule has 0 spiro atoms. The lowest BCUT2D eigenvalue weighted by atomic mass is 10.3. The van der Waals surface area contributed by atoms with E-state index >= 15 is 0 Å². The normalized spacial score (nSPS) is 13.8. The minimum atomic E-state index is -2.94. The molecule has 1 atom stereocenters. The predicted molar refractivity (Wildman–Crippen MR) is 92.3 cm³/mol. The summed E-state index contributed by atoms with van der Waals surface area (Å²) in [5, 5.41) is 14.3. The van der Waals surface area contributed by atoms with Gasteiger partial charge in [0.1, 0.15) is 22.0 Å². The number of aryl methyl sites for hydroxylation is 1. The van der Waals surface area contributed by atoms with Crippen LogP contribution >= 0.6 is 0 Å². The highest BCUT2D eigenvalue weighted by atomic mass is 32.2. The van der Waals surface area contributed by atoms with Gasteiger partial charge in [-0.3, -0.25) is 4.99 Å². The Balaban J connectivity index is 2.52. The van der Waals surface area contributed by atoms with Gasteiger partial charge in [0.2, 0.25) is 0 Å². The quantitative estimate of drug-likeness (QED) is 0.491. The number of hydrogen-bond donors (Lipinski definition) is 2. The SMILES string of the molecule is CCNC(=NCCn1cnnc1CC)NC(C)CCS(C)(=O)=O. The number of sulfone groups is 1. The van der Waals surface area contributed by atoms with E-state index in [1.165, 1.54) is 6.26 Å². The van der Waals surface area contributed by atoms with Crippen LogP contribution in [0.2, 0.25) is 0 Å². The smallest absolute Gasteiger partial charge is 0.191 e. The second kappa shape index (κ2) is 9.49. The van der Waals surface area contributed by atoms with Gasteiger partial charge in [-0.25, -0.2) is 8.42 Å². The molecule has 0 aromatic carbocycles. The standard InChI is InChI=1S/C14H28N6O2S/c1-5-13-19-17-11-20(13)9-8-16-14(15-6-2)18-12(3)7-10-23(4,21)22/h11-12H,5-10H2,1-4H3,(H2,15,16,18). The lowest BCUT2D eigenvalue weighted by molar-refractivity contribution is 0.580. The van der Waals surface area contributed by atoms with Crippen molar-refractivity contribution in [2.75, 3.05) is 25.1 Å². The average Bonchev–Trinajstić information content (AvgIpc) is 2.92. The van der Waals surface area contributed by atoms with Crippen LogP contribution in [0.25, 0.3) is 0 Å². The van der Waals surface area contributed by atoms with Crippen LogP contribution in [-0.4, -0.2) is 60.3 Å². The molecule has 9 heteroatoms.